The van der Waals surface area contributed by atoms with Crippen molar-refractivity contribution in [2.75, 3.05) is 20.7 Å². The minimum atomic E-state index is -0.399. The average molecular weight is 286 g/mol. The van der Waals surface area contributed by atoms with Gasteiger partial charge in [0.25, 0.3) is 11.5 Å². The molecule has 2 aromatic rings. The van der Waals surface area contributed by atoms with E-state index in [4.69, 9.17) is 4.74 Å². The number of pyridine rings is 1. The fourth-order valence-corrected chi connectivity index (χ4v) is 2.02. The highest BCUT2D eigenvalue weighted by molar-refractivity contribution is 5.94. The number of aromatic amines is 1. The van der Waals surface area contributed by atoms with Crippen molar-refractivity contribution < 1.29 is 9.53 Å². The Morgan fingerprint density at radius 3 is 2.57 bits per heavy atom. The number of methoxy groups -OCH3 is 1. The third-order valence-electron chi connectivity index (χ3n) is 3.36. The van der Waals surface area contributed by atoms with Crippen LogP contribution in [0.4, 0.5) is 0 Å². The maximum atomic E-state index is 12.1. The molecule has 5 heteroatoms. The number of para-hydroxylation sites is 1. The van der Waals surface area contributed by atoms with Crippen LogP contribution in [0.15, 0.2) is 41.2 Å². The van der Waals surface area contributed by atoms with E-state index in [2.05, 4.69) is 4.98 Å². The predicted molar refractivity (Wildman–Crippen MR) is 81.7 cm³/mol. The van der Waals surface area contributed by atoms with E-state index >= 15 is 0 Å². The van der Waals surface area contributed by atoms with Gasteiger partial charge in [0.15, 0.2) is 0 Å². The molecule has 0 saturated heterocycles. The normalized spacial score (nSPS) is 10.2. The van der Waals surface area contributed by atoms with Gasteiger partial charge in [0.05, 0.1) is 12.8 Å². The van der Waals surface area contributed by atoms with Crippen LogP contribution < -0.4 is 10.3 Å². The van der Waals surface area contributed by atoms with Gasteiger partial charge < -0.3 is 14.6 Å². The Morgan fingerprint density at radius 2 is 1.95 bits per heavy atom. The Morgan fingerprint density at radius 1 is 1.24 bits per heavy atom. The first-order valence-electron chi connectivity index (χ1n) is 6.70. The standard InChI is InChI=1S/C16H18N2O3/c1-4-18(2)16(20)12-9-10-13(17-15(12)19)11-7-5-6-8-14(11)21-3/h5-10H,4H2,1-3H3,(H,17,19). The lowest BCUT2D eigenvalue weighted by molar-refractivity contribution is 0.0800. The van der Waals surface area contributed by atoms with Crippen molar-refractivity contribution >= 4 is 5.91 Å². The molecule has 21 heavy (non-hydrogen) atoms. The molecule has 0 aliphatic rings. The van der Waals surface area contributed by atoms with Crippen LogP contribution in [0.2, 0.25) is 0 Å². The van der Waals surface area contributed by atoms with Crippen molar-refractivity contribution in [1.82, 2.24) is 9.88 Å². The van der Waals surface area contributed by atoms with Gasteiger partial charge in [-0.15, -0.1) is 0 Å². The summed E-state index contributed by atoms with van der Waals surface area (Å²) in [6, 6.07) is 10.7. The van der Waals surface area contributed by atoms with E-state index in [0.29, 0.717) is 18.0 Å². The number of rotatable bonds is 4. The molecule has 0 fully saturated rings. The monoisotopic (exact) mass is 286 g/mol. The summed E-state index contributed by atoms with van der Waals surface area (Å²) in [5.41, 5.74) is 1.13. The lowest BCUT2D eigenvalue weighted by atomic mass is 10.1. The molecule has 2 rings (SSSR count). The van der Waals surface area contributed by atoms with Crippen molar-refractivity contribution in [3.8, 4) is 17.0 Å². The predicted octanol–water partition coefficient (Wildman–Crippen LogP) is 2.14. The van der Waals surface area contributed by atoms with E-state index in [1.165, 1.54) is 4.90 Å². The van der Waals surface area contributed by atoms with Gasteiger partial charge in [0.1, 0.15) is 11.3 Å². The van der Waals surface area contributed by atoms with Crippen LogP contribution in [0.25, 0.3) is 11.3 Å². The number of amides is 1. The Bertz CT molecular complexity index is 707. The van der Waals surface area contributed by atoms with Crippen molar-refractivity contribution in [1.29, 1.82) is 0 Å². The second kappa shape index (κ2) is 6.26. The van der Waals surface area contributed by atoms with Crippen LogP contribution in [0.3, 0.4) is 0 Å². The zero-order valence-corrected chi connectivity index (χ0v) is 12.3. The molecule has 0 bridgehead atoms. The van der Waals surface area contributed by atoms with Crippen molar-refractivity contribution in [3.63, 3.8) is 0 Å². The minimum absolute atomic E-state index is 0.137. The number of carbonyl (C=O) groups is 1. The summed E-state index contributed by atoms with van der Waals surface area (Å²) in [5.74, 6) is 0.378. The number of benzene rings is 1. The van der Waals surface area contributed by atoms with Gasteiger partial charge in [-0.25, -0.2) is 0 Å². The van der Waals surface area contributed by atoms with Gasteiger partial charge >= 0.3 is 0 Å². The SMILES string of the molecule is CCN(C)C(=O)c1ccc(-c2ccccc2OC)[nH]c1=O. The summed E-state index contributed by atoms with van der Waals surface area (Å²) in [6.07, 6.45) is 0. The number of nitrogens with one attached hydrogen (secondary N) is 1. The molecule has 1 aromatic carbocycles. The molecule has 0 radical (unpaired) electrons. The third kappa shape index (κ3) is 2.97. The second-order valence-electron chi connectivity index (χ2n) is 4.63. The summed E-state index contributed by atoms with van der Waals surface area (Å²) in [7, 11) is 3.24. The summed E-state index contributed by atoms with van der Waals surface area (Å²) in [4.78, 5) is 28.4. The number of hydrogen-bond acceptors (Lipinski definition) is 3. The molecule has 0 aliphatic carbocycles. The molecule has 0 unspecified atom stereocenters. The number of ether oxygens (including phenoxy) is 1. The molecule has 5 nitrogen and oxygen atoms in total. The first-order valence-corrected chi connectivity index (χ1v) is 6.70. The first kappa shape index (κ1) is 14.8. The summed E-state index contributed by atoms with van der Waals surface area (Å²) in [6.45, 7) is 2.40. The summed E-state index contributed by atoms with van der Waals surface area (Å²) in [5, 5.41) is 0. The number of H-pyrrole nitrogens is 1. The molecular weight excluding hydrogens is 268 g/mol. The minimum Gasteiger partial charge on any atom is -0.496 e. The van der Waals surface area contributed by atoms with Crippen LogP contribution >= 0.6 is 0 Å². The Hall–Kier alpha value is -2.56. The third-order valence-corrected chi connectivity index (χ3v) is 3.36. The van der Waals surface area contributed by atoms with E-state index < -0.39 is 5.56 Å². The maximum absolute atomic E-state index is 12.1. The number of carbonyl (C=O) groups excluding carboxylic acids is 1. The molecule has 0 atom stereocenters. The average Bonchev–Trinajstić information content (AvgIpc) is 2.53. The molecule has 0 saturated carbocycles. The van der Waals surface area contributed by atoms with Crippen LogP contribution in [0.5, 0.6) is 5.75 Å². The van der Waals surface area contributed by atoms with Crippen molar-refractivity contribution in [2.45, 2.75) is 6.92 Å². The maximum Gasteiger partial charge on any atom is 0.261 e. The van der Waals surface area contributed by atoms with Gasteiger partial charge in [0, 0.05) is 19.2 Å². The molecule has 1 N–H and O–H groups in total. The molecule has 110 valence electrons. The largest absolute Gasteiger partial charge is 0.496 e. The van der Waals surface area contributed by atoms with E-state index in [9.17, 15) is 9.59 Å². The Kier molecular flexibility index (Phi) is 4.42. The molecule has 0 spiro atoms. The fourth-order valence-electron chi connectivity index (χ4n) is 2.02. The van der Waals surface area contributed by atoms with E-state index in [1.54, 1.807) is 26.3 Å². The summed E-state index contributed by atoms with van der Waals surface area (Å²) < 4.78 is 5.28. The smallest absolute Gasteiger partial charge is 0.261 e. The van der Waals surface area contributed by atoms with Crippen molar-refractivity contribution in [2.24, 2.45) is 0 Å². The zero-order chi connectivity index (χ0) is 15.4. The number of hydrogen-bond donors (Lipinski definition) is 1. The van der Waals surface area contributed by atoms with E-state index in [1.807, 2.05) is 31.2 Å². The van der Waals surface area contributed by atoms with E-state index in [0.717, 1.165) is 5.56 Å². The van der Waals surface area contributed by atoms with Crippen LogP contribution in [-0.4, -0.2) is 36.5 Å². The summed E-state index contributed by atoms with van der Waals surface area (Å²) >= 11 is 0. The topological polar surface area (TPSA) is 62.4 Å². The molecule has 1 amide bonds. The highest BCUT2D eigenvalue weighted by Gasteiger charge is 2.15. The number of nitrogens with zero attached hydrogens (tertiary/aromatic N) is 1. The van der Waals surface area contributed by atoms with E-state index in [-0.39, 0.29) is 11.5 Å². The molecule has 1 aromatic heterocycles. The number of aromatic nitrogens is 1. The Balaban J connectivity index is 2.44. The van der Waals surface area contributed by atoms with Gasteiger partial charge in [0.2, 0.25) is 0 Å². The Labute approximate surface area is 123 Å². The van der Waals surface area contributed by atoms with Gasteiger partial charge in [-0.2, -0.15) is 0 Å². The first-order chi connectivity index (χ1) is 10.1. The quantitative estimate of drug-likeness (QED) is 0.936. The zero-order valence-electron chi connectivity index (χ0n) is 12.3. The van der Waals surface area contributed by atoms with Gasteiger partial charge in [-0.3, -0.25) is 9.59 Å². The molecule has 1 heterocycles. The molecular formula is C16H18N2O3. The molecule has 0 aliphatic heterocycles. The fraction of sp³-hybridized carbons (Fsp3) is 0.250. The highest BCUT2D eigenvalue weighted by atomic mass is 16.5. The van der Waals surface area contributed by atoms with Crippen LogP contribution in [-0.2, 0) is 0 Å². The lowest BCUT2D eigenvalue weighted by Crippen LogP contribution is -2.31. The van der Waals surface area contributed by atoms with Gasteiger partial charge in [-0.1, -0.05) is 12.1 Å². The van der Waals surface area contributed by atoms with Crippen LogP contribution in [0, 0.1) is 0 Å². The second-order valence-corrected chi connectivity index (χ2v) is 4.63. The lowest BCUT2D eigenvalue weighted by Gasteiger charge is -2.14. The highest BCUT2D eigenvalue weighted by Crippen LogP contribution is 2.27. The van der Waals surface area contributed by atoms with Crippen LogP contribution in [0.1, 0.15) is 17.3 Å². The van der Waals surface area contributed by atoms with Gasteiger partial charge in [-0.05, 0) is 31.2 Å². The van der Waals surface area contributed by atoms with Crippen molar-refractivity contribution in [3.05, 3.63) is 52.3 Å².